The van der Waals surface area contributed by atoms with E-state index in [-0.39, 0.29) is 11.8 Å². The summed E-state index contributed by atoms with van der Waals surface area (Å²) in [5.74, 6) is -0.268. The number of benzene rings is 1. The van der Waals surface area contributed by atoms with Crippen molar-refractivity contribution in [2.75, 3.05) is 18.4 Å². The number of nitrogens with zero attached hydrogens (tertiary/aromatic N) is 2. The average Bonchev–Trinajstić information content (AvgIpc) is 2.65. The van der Waals surface area contributed by atoms with Gasteiger partial charge in [-0.3, -0.25) is 9.78 Å². The molecule has 0 aliphatic carbocycles. The first-order chi connectivity index (χ1) is 12.8. The monoisotopic (exact) mass is 387 g/mol. The highest BCUT2D eigenvalue weighted by molar-refractivity contribution is 7.89. The second-order valence-electron chi connectivity index (χ2n) is 7.02. The quantitative estimate of drug-likeness (QED) is 0.874. The van der Waals surface area contributed by atoms with Crippen LogP contribution in [-0.2, 0) is 14.8 Å². The van der Waals surface area contributed by atoms with Gasteiger partial charge in [-0.25, -0.2) is 8.42 Å². The summed E-state index contributed by atoms with van der Waals surface area (Å²) in [6.45, 7) is 6.45. The van der Waals surface area contributed by atoms with Crippen molar-refractivity contribution >= 4 is 21.6 Å². The molecule has 1 N–H and O–H groups in total. The van der Waals surface area contributed by atoms with Gasteiger partial charge in [-0.1, -0.05) is 18.2 Å². The summed E-state index contributed by atoms with van der Waals surface area (Å²) in [6, 6.07) is 10.4. The Morgan fingerprint density at radius 1 is 1.11 bits per heavy atom. The second-order valence-corrected chi connectivity index (χ2v) is 8.96. The van der Waals surface area contributed by atoms with Crippen LogP contribution < -0.4 is 5.32 Å². The van der Waals surface area contributed by atoms with E-state index in [1.165, 1.54) is 4.31 Å². The van der Waals surface area contributed by atoms with Crippen LogP contribution in [0.15, 0.2) is 41.3 Å². The van der Waals surface area contributed by atoms with Crippen molar-refractivity contribution < 1.29 is 13.2 Å². The van der Waals surface area contributed by atoms with E-state index in [1.54, 1.807) is 30.3 Å². The topological polar surface area (TPSA) is 79.4 Å². The minimum Gasteiger partial charge on any atom is -0.324 e. The molecule has 6 nitrogen and oxygen atoms in total. The summed E-state index contributed by atoms with van der Waals surface area (Å²) in [5, 5.41) is 2.99. The third-order valence-corrected chi connectivity index (χ3v) is 6.89. The Balaban J connectivity index is 1.65. The maximum absolute atomic E-state index is 12.7. The molecular formula is C20H25N3O3S. The molecule has 2 aromatic rings. The Hall–Kier alpha value is -2.25. The minimum absolute atomic E-state index is 0.0661. The van der Waals surface area contributed by atoms with Crippen LogP contribution in [0.2, 0.25) is 0 Å². The molecule has 0 spiro atoms. The molecule has 1 aromatic heterocycles. The number of sulfonamides is 1. The molecule has 7 heteroatoms. The molecule has 144 valence electrons. The van der Waals surface area contributed by atoms with E-state index in [4.69, 9.17) is 0 Å². The molecular weight excluding hydrogens is 362 g/mol. The first-order valence-electron chi connectivity index (χ1n) is 9.10. The molecule has 3 rings (SSSR count). The van der Waals surface area contributed by atoms with Crippen molar-refractivity contribution in [3.63, 3.8) is 0 Å². The highest BCUT2D eigenvalue weighted by Crippen LogP contribution is 2.26. The molecule has 0 saturated carbocycles. The van der Waals surface area contributed by atoms with Crippen molar-refractivity contribution in [2.45, 2.75) is 38.5 Å². The molecule has 1 aromatic carbocycles. The normalized spacial score (nSPS) is 16.3. The molecule has 1 aliphatic heterocycles. The number of hydrogen-bond donors (Lipinski definition) is 1. The van der Waals surface area contributed by atoms with Crippen molar-refractivity contribution in [3.8, 4) is 0 Å². The largest absolute Gasteiger partial charge is 0.324 e. The summed E-state index contributed by atoms with van der Waals surface area (Å²) in [7, 11) is -3.50. The van der Waals surface area contributed by atoms with E-state index in [9.17, 15) is 13.2 Å². The van der Waals surface area contributed by atoms with Crippen LogP contribution in [0.5, 0.6) is 0 Å². The number of nitrogens with one attached hydrogen (secondary N) is 1. The molecule has 2 heterocycles. The molecule has 0 radical (unpaired) electrons. The Morgan fingerprint density at radius 3 is 2.33 bits per heavy atom. The lowest BCUT2D eigenvalue weighted by atomic mass is 9.97. The van der Waals surface area contributed by atoms with Crippen LogP contribution in [0.3, 0.4) is 0 Å². The number of hydrogen-bond acceptors (Lipinski definition) is 4. The SMILES string of the molecule is Cc1cc(C)c(NC(=O)C2CCN(S(=O)(=O)c3ccccc3)CC2)c(C)n1. The molecule has 0 unspecified atom stereocenters. The lowest BCUT2D eigenvalue weighted by Gasteiger charge is -2.30. The first-order valence-corrected chi connectivity index (χ1v) is 10.5. The van der Waals surface area contributed by atoms with E-state index in [0.29, 0.717) is 30.8 Å². The Morgan fingerprint density at radius 2 is 1.74 bits per heavy atom. The van der Waals surface area contributed by atoms with Gasteiger partial charge < -0.3 is 5.32 Å². The van der Waals surface area contributed by atoms with Gasteiger partial charge in [-0.15, -0.1) is 0 Å². The predicted octanol–water partition coefficient (Wildman–Crippen LogP) is 3.05. The zero-order chi connectivity index (χ0) is 19.6. The lowest BCUT2D eigenvalue weighted by Crippen LogP contribution is -2.41. The highest BCUT2D eigenvalue weighted by Gasteiger charge is 2.32. The molecule has 0 atom stereocenters. The summed E-state index contributed by atoms with van der Waals surface area (Å²) in [6.07, 6.45) is 1.02. The zero-order valence-electron chi connectivity index (χ0n) is 15.9. The van der Waals surface area contributed by atoms with E-state index in [0.717, 1.165) is 22.6 Å². The molecule has 1 fully saturated rings. The van der Waals surface area contributed by atoms with E-state index in [1.807, 2.05) is 26.8 Å². The number of carbonyl (C=O) groups excluding carboxylic acids is 1. The van der Waals surface area contributed by atoms with Crippen molar-refractivity contribution in [2.24, 2.45) is 5.92 Å². The van der Waals surface area contributed by atoms with Gasteiger partial charge in [0.1, 0.15) is 0 Å². The second kappa shape index (κ2) is 7.78. The smallest absolute Gasteiger partial charge is 0.243 e. The van der Waals surface area contributed by atoms with Crippen LogP contribution in [0.4, 0.5) is 5.69 Å². The van der Waals surface area contributed by atoms with Gasteiger partial charge in [0.2, 0.25) is 15.9 Å². The molecule has 1 amide bonds. The van der Waals surface area contributed by atoms with Gasteiger partial charge in [0.15, 0.2) is 0 Å². The molecule has 1 saturated heterocycles. The Labute approximate surface area is 160 Å². The van der Waals surface area contributed by atoms with E-state index in [2.05, 4.69) is 10.3 Å². The fraction of sp³-hybridized carbons (Fsp3) is 0.400. The Kier molecular flexibility index (Phi) is 5.62. The van der Waals surface area contributed by atoms with Crippen LogP contribution in [0.25, 0.3) is 0 Å². The third-order valence-electron chi connectivity index (χ3n) is 4.98. The van der Waals surface area contributed by atoms with Crippen LogP contribution in [0.1, 0.15) is 29.8 Å². The highest BCUT2D eigenvalue weighted by atomic mass is 32.2. The number of pyridine rings is 1. The Bertz CT molecular complexity index is 911. The summed E-state index contributed by atoms with van der Waals surface area (Å²) < 4.78 is 26.9. The van der Waals surface area contributed by atoms with Crippen LogP contribution in [0, 0.1) is 26.7 Å². The molecule has 1 aliphatic rings. The van der Waals surface area contributed by atoms with Crippen molar-refractivity contribution in [1.29, 1.82) is 0 Å². The first kappa shape index (κ1) is 19.5. The lowest BCUT2D eigenvalue weighted by molar-refractivity contribution is -0.120. The average molecular weight is 388 g/mol. The van der Waals surface area contributed by atoms with Crippen LogP contribution >= 0.6 is 0 Å². The number of aryl methyl sites for hydroxylation is 3. The fourth-order valence-corrected chi connectivity index (χ4v) is 5.03. The van der Waals surface area contributed by atoms with Crippen molar-refractivity contribution in [3.05, 3.63) is 53.3 Å². The minimum atomic E-state index is -3.50. The van der Waals surface area contributed by atoms with Gasteiger partial charge in [0, 0.05) is 24.7 Å². The molecule has 27 heavy (non-hydrogen) atoms. The van der Waals surface area contributed by atoms with Gasteiger partial charge >= 0.3 is 0 Å². The summed E-state index contributed by atoms with van der Waals surface area (Å²) in [5.41, 5.74) is 3.45. The maximum Gasteiger partial charge on any atom is 0.243 e. The summed E-state index contributed by atoms with van der Waals surface area (Å²) >= 11 is 0. The van der Waals surface area contributed by atoms with Crippen LogP contribution in [-0.4, -0.2) is 36.7 Å². The fourth-order valence-electron chi connectivity index (χ4n) is 3.54. The predicted molar refractivity (Wildman–Crippen MR) is 105 cm³/mol. The number of anilines is 1. The third kappa shape index (κ3) is 4.20. The van der Waals surface area contributed by atoms with Gasteiger partial charge in [0.05, 0.1) is 16.3 Å². The van der Waals surface area contributed by atoms with Gasteiger partial charge in [0.25, 0.3) is 0 Å². The van der Waals surface area contributed by atoms with Gasteiger partial charge in [-0.05, 0) is 57.4 Å². The number of aromatic nitrogens is 1. The number of carbonyl (C=O) groups is 1. The summed E-state index contributed by atoms with van der Waals surface area (Å²) in [4.78, 5) is 17.4. The zero-order valence-corrected chi connectivity index (χ0v) is 16.7. The van der Waals surface area contributed by atoms with E-state index < -0.39 is 10.0 Å². The number of piperidine rings is 1. The van der Waals surface area contributed by atoms with Gasteiger partial charge in [-0.2, -0.15) is 4.31 Å². The van der Waals surface area contributed by atoms with E-state index >= 15 is 0 Å². The molecule has 0 bridgehead atoms. The van der Waals surface area contributed by atoms with Crippen molar-refractivity contribution in [1.82, 2.24) is 9.29 Å². The maximum atomic E-state index is 12.7. The number of rotatable bonds is 4. The number of amides is 1. The standard InChI is InChI=1S/C20H25N3O3S/c1-14-13-15(2)21-16(3)19(14)22-20(24)17-9-11-23(12-10-17)27(25,26)18-7-5-4-6-8-18/h4-8,13,17H,9-12H2,1-3H3,(H,22,24).